The first-order valence-corrected chi connectivity index (χ1v) is 10.6. The molecule has 0 aromatic heterocycles. The number of anilines is 1. The molecule has 1 aliphatic heterocycles. The molecule has 0 radical (unpaired) electrons. The smallest absolute Gasteiger partial charge is 0.317 e. The number of carbonyl (C=O) groups is 2. The summed E-state index contributed by atoms with van der Waals surface area (Å²) in [5.41, 5.74) is 3.09. The molecule has 0 aliphatic carbocycles. The summed E-state index contributed by atoms with van der Waals surface area (Å²) in [5, 5.41) is 6.12. The number of aryl methyl sites for hydroxylation is 1. The van der Waals surface area contributed by atoms with Gasteiger partial charge in [0.1, 0.15) is 0 Å². The van der Waals surface area contributed by atoms with Crippen molar-refractivity contribution in [1.82, 2.24) is 15.1 Å². The van der Waals surface area contributed by atoms with Gasteiger partial charge in [-0.3, -0.25) is 9.69 Å². The average Bonchev–Trinajstić information content (AvgIpc) is 2.74. The first kappa shape index (κ1) is 21.8. The van der Waals surface area contributed by atoms with Gasteiger partial charge in [0.25, 0.3) is 0 Å². The van der Waals surface area contributed by atoms with E-state index in [1.807, 2.05) is 54.3 Å². The van der Waals surface area contributed by atoms with E-state index < -0.39 is 0 Å². The molecule has 0 saturated carbocycles. The largest absolute Gasteiger partial charge is 0.331 e. The van der Waals surface area contributed by atoms with E-state index in [4.69, 9.17) is 0 Å². The third-order valence-electron chi connectivity index (χ3n) is 5.47. The van der Waals surface area contributed by atoms with E-state index in [9.17, 15) is 9.59 Å². The van der Waals surface area contributed by atoms with Gasteiger partial charge in [-0.1, -0.05) is 61.9 Å². The van der Waals surface area contributed by atoms with Crippen molar-refractivity contribution >= 4 is 17.6 Å². The van der Waals surface area contributed by atoms with E-state index in [2.05, 4.69) is 41.5 Å². The molecule has 1 aliphatic rings. The fourth-order valence-corrected chi connectivity index (χ4v) is 3.67. The van der Waals surface area contributed by atoms with Crippen molar-refractivity contribution in [2.45, 2.75) is 26.8 Å². The molecule has 2 aromatic rings. The lowest BCUT2D eigenvalue weighted by atomic mass is 9.96. The minimum atomic E-state index is -0.0405. The zero-order valence-corrected chi connectivity index (χ0v) is 18.1. The van der Waals surface area contributed by atoms with E-state index in [1.54, 1.807) is 0 Å². The van der Waals surface area contributed by atoms with Gasteiger partial charge in [-0.2, -0.15) is 0 Å². The van der Waals surface area contributed by atoms with Crippen molar-refractivity contribution < 1.29 is 9.59 Å². The number of rotatable bonds is 6. The van der Waals surface area contributed by atoms with Gasteiger partial charge in [0.2, 0.25) is 5.91 Å². The van der Waals surface area contributed by atoms with Crippen LogP contribution >= 0.6 is 0 Å². The number of nitrogens with zero attached hydrogens (tertiary/aromatic N) is 2. The first-order valence-electron chi connectivity index (χ1n) is 10.6. The number of hydrogen-bond donors (Lipinski definition) is 2. The molecule has 1 saturated heterocycles. The van der Waals surface area contributed by atoms with Crippen LogP contribution in [0.3, 0.4) is 0 Å². The van der Waals surface area contributed by atoms with Gasteiger partial charge < -0.3 is 15.5 Å². The Morgan fingerprint density at radius 2 is 1.57 bits per heavy atom. The summed E-state index contributed by atoms with van der Waals surface area (Å²) in [6, 6.07) is 17.8. The zero-order chi connectivity index (χ0) is 21.5. The van der Waals surface area contributed by atoms with Crippen LogP contribution in [0.2, 0.25) is 0 Å². The monoisotopic (exact) mass is 408 g/mol. The number of piperazine rings is 1. The molecule has 1 atom stereocenters. The van der Waals surface area contributed by atoms with Crippen molar-refractivity contribution in [3.8, 4) is 0 Å². The Labute approximate surface area is 179 Å². The maximum Gasteiger partial charge on any atom is 0.317 e. The summed E-state index contributed by atoms with van der Waals surface area (Å²) < 4.78 is 0. The number of urea groups is 1. The molecule has 1 fully saturated rings. The maximum absolute atomic E-state index is 12.8. The highest BCUT2D eigenvalue weighted by atomic mass is 16.2. The molecule has 0 bridgehead atoms. The third kappa shape index (κ3) is 6.07. The summed E-state index contributed by atoms with van der Waals surface area (Å²) in [7, 11) is 0. The quantitative estimate of drug-likeness (QED) is 0.767. The Hall–Kier alpha value is -2.86. The highest BCUT2D eigenvalue weighted by Gasteiger charge is 2.25. The van der Waals surface area contributed by atoms with E-state index in [0.717, 1.165) is 16.8 Å². The normalized spacial score (nSPS) is 15.7. The number of carbonyl (C=O) groups excluding carboxylic acids is 2. The van der Waals surface area contributed by atoms with Gasteiger partial charge in [0, 0.05) is 31.9 Å². The van der Waals surface area contributed by atoms with E-state index in [-0.39, 0.29) is 18.0 Å². The molecule has 2 aromatic carbocycles. The summed E-state index contributed by atoms with van der Waals surface area (Å²) >= 11 is 0. The van der Waals surface area contributed by atoms with Crippen molar-refractivity contribution in [3.05, 3.63) is 65.7 Å². The van der Waals surface area contributed by atoms with E-state index >= 15 is 0 Å². The van der Waals surface area contributed by atoms with Crippen LogP contribution in [0, 0.1) is 12.8 Å². The molecule has 2 N–H and O–H groups in total. The predicted octanol–water partition coefficient (Wildman–Crippen LogP) is 3.66. The molecule has 1 unspecified atom stereocenters. The lowest BCUT2D eigenvalue weighted by Crippen LogP contribution is -2.53. The van der Waals surface area contributed by atoms with Crippen molar-refractivity contribution in [2.75, 3.05) is 38.0 Å². The predicted molar refractivity (Wildman–Crippen MR) is 120 cm³/mol. The van der Waals surface area contributed by atoms with Crippen LogP contribution in [0.15, 0.2) is 54.6 Å². The molecular weight excluding hydrogens is 376 g/mol. The molecule has 160 valence electrons. The van der Waals surface area contributed by atoms with Gasteiger partial charge in [0.15, 0.2) is 0 Å². The topological polar surface area (TPSA) is 64.7 Å². The molecule has 0 spiro atoms. The minimum Gasteiger partial charge on any atom is -0.331 e. The van der Waals surface area contributed by atoms with Crippen LogP contribution in [0.1, 0.15) is 31.0 Å². The van der Waals surface area contributed by atoms with Gasteiger partial charge in [0.05, 0.1) is 12.6 Å². The van der Waals surface area contributed by atoms with Crippen LogP contribution < -0.4 is 10.6 Å². The Kier molecular flexibility index (Phi) is 7.46. The number of amides is 3. The molecule has 3 rings (SSSR count). The van der Waals surface area contributed by atoms with Crippen molar-refractivity contribution in [1.29, 1.82) is 0 Å². The molecular formula is C24H32N4O2. The summed E-state index contributed by atoms with van der Waals surface area (Å²) in [5.74, 6) is 0.267. The molecule has 6 nitrogen and oxygen atoms in total. The van der Waals surface area contributed by atoms with Gasteiger partial charge in [-0.05, 0) is 30.5 Å². The fourth-order valence-electron chi connectivity index (χ4n) is 3.67. The second-order valence-corrected chi connectivity index (χ2v) is 8.26. The standard InChI is InChI=1S/C24H32N4O2/c1-18(2)23(20-7-5-4-6-8-20)26-24(30)28-15-13-27(14-16-28)17-22(29)25-21-11-9-19(3)10-12-21/h4-12,18,23H,13-17H2,1-3H3,(H,25,29)(H,26,30). The van der Waals surface area contributed by atoms with Crippen LogP contribution in [0.4, 0.5) is 10.5 Å². The third-order valence-corrected chi connectivity index (χ3v) is 5.47. The summed E-state index contributed by atoms with van der Waals surface area (Å²) in [4.78, 5) is 29.0. The Bertz CT molecular complexity index is 828. The Morgan fingerprint density at radius 3 is 2.17 bits per heavy atom. The molecule has 30 heavy (non-hydrogen) atoms. The van der Waals surface area contributed by atoms with Crippen LogP contribution in [0.5, 0.6) is 0 Å². The second kappa shape index (κ2) is 10.3. The highest BCUT2D eigenvalue weighted by molar-refractivity contribution is 5.92. The SMILES string of the molecule is Cc1ccc(NC(=O)CN2CCN(C(=O)NC(c3ccccc3)C(C)C)CC2)cc1. The first-order chi connectivity index (χ1) is 14.4. The summed E-state index contributed by atoms with van der Waals surface area (Å²) in [6.45, 7) is 9.18. The van der Waals surface area contributed by atoms with Crippen LogP contribution in [0.25, 0.3) is 0 Å². The van der Waals surface area contributed by atoms with Crippen LogP contribution in [-0.2, 0) is 4.79 Å². The van der Waals surface area contributed by atoms with Gasteiger partial charge in [-0.15, -0.1) is 0 Å². The number of hydrogen-bond acceptors (Lipinski definition) is 3. The molecule has 1 heterocycles. The average molecular weight is 409 g/mol. The highest BCUT2D eigenvalue weighted by Crippen LogP contribution is 2.21. The van der Waals surface area contributed by atoms with Crippen molar-refractivity contribution in [3.63, 3.8) is 0 Å². The van der Waals surface area contributed by atoms with Gasteiger partial charge >= 0.3 is 6.03 Å². The van der Waals surface area contributed by atoms with E-state index in [1.165, 1.54) is 0 Å². The number of benzene rings is 2. The molecule has 3 amide bonds. The summed E-state index contributed by atoms with van der Waals surface area (Å²) in [6.07, 6.45) is 0. The Morgan fingerprint density at radius 1 is 0.933 bits per heavy atom. The Balaban J connectivity index is 1.46. The van der Waals surface area contributed by atoms with Gasteiger partial charge in [-0.25, -0.2) is 4.79 Å². The molecule has 6 heteroatoms. The zero-order valence-electron chi connectivity index (χ0n) is 18.1. The maximum atomic E-state index is 12.8. The minimum absolute atomic E-state index is 0.0167. The van der Waals surface area contributed by atoms with Crippen LogP contribution in [-0.4, -0.2) is 54.5 Å². The second-order valence-electron chi connectivity index (χ2n) is 8.26. The lowest BCUT2D eigenvalue weighted by molar-refractivity contribution is -0.117. The number of nitrogens with one attached hydrogen (secondary N) is 2. The van der Waals surface area contributed by atoms with E-state index in [0.29, 0.717) is 38.6 Å². The van der Waals surface area contributed by atoms with Crippen molar-refractivity contribution in [2.24, 2.45) is 5.92 Å². The fraction of sp³-hybridized carbons (Fsp3) is 0.417. The lowest BCUT2D eigenvalue weighted by Gasteiger charge is -2.35.